The second-order valence-corrected chi connectivity index (χ2v) is 5.00. The third-order valence-electron chi connectivity index (χ3n) is 2.99. The van der Waals surface area contributed by atoms with E-state index in [-0.39, 0.29) is 0 Å². The molecule has 0 spiro atoms. The Bertz CT molecular complexity index is 797. The van der Waals surface area contributed by atoms with Gasteiger partial charge in [-0.15, -0.1) is 0 Å². The maximum absolute atomic E-state index is 11.1. The van der Waals surface area contributed by atoms with Crippen molar-refractivity contribution in [3.8, 4) is 0 Å². The quantitative estimate of drug-likeness (QED) is 0.609. The molecule has 0 amide bonds. The van der Waals surface area contributed by atoms with Gasteiger partial charge < -0.3 is 15.8 Å². The number of rotatable bonds is 2. The van der Waals surface area contributed by atoms with Gasteiger partial charge in [0.15, 0.2) is 6.29 Å². The van der Waals surface area contributed by atoms with Crippen molar-refractivity contribution >= 4 is 50.3 Å². The molecule has 116 valence electrons. The molecule has 0 aliphatic rings. The number of hydrogen-bond donors (Lipinski definition) is 3. The van der Waals surface area contributed by atoms with Crippen molar-refractivity contribution in [3.05, 3.63) is 45.9 Å². The third kappa shape index (κ3) is 3.41. The molecular weight excluding hydrogens is 348 g/mol. The van der Waals surface area contributed by atoms with E-state index in [9.17, 15) is 9.59 Å². The van der Waals surface area contributed by atoms with E-state index in [4.69, 9.17) is 5.11 Å². The van der Waals surface area contributed by atoms with E-state index in [0.29, 0.717) is 11.1 Å². The second kappa shape index (κ2) is 8.43. The topological polar surface area (TPSA) is 96.2 Å². The van der Waals surface area contributed by atoms with Crippen LogP contribution >= 0.6 is 15.9 Å². The van der Waals surface area contributed by atoms with Gasteiger partial charge >= 0.3 is 0 Å². The highest BCUT2D eigenvalue weighted by molar-refractivity contribution is 9.10. The zero-order chi connectivity index (χ0) is 16.7. The van der Waals surface area contributed by atoms with Gasteiger partial charge in [0.1, 0.15) is 6.29 Å². The minimum Gasteiger partial charge on any atom is -0.400 e. The minimum atomic E-state index is 0.600. The number of aromatic amines is 1. The number of nitrogens with one attached hydrogen (secondary N) is 1. The first kappa shape index (κ1) is 18.0. The van der Waals surface area contributed by atoms with E-state index >= 15 is 0 Å². The Morgan fingerprint density at radius 3 is 2.32 bits per heavy atom. The summed E-state index contributed by atoms with van der Waals surface area (Å²) in [6.07, 6.45) is 1.63. The molecule has 3 rings (SSSR count). The van der Waals surface area contributed by atoms with Gasteiger partial charge in [0, 0.05) is 39.0 Å². The number of hydrogen-bond acceptors (Lipinski definition) is 4. The van der Waals surface area contributed by atoms with Gasteiger partial charge in [0.05, 0.1) is 5.52 Å². The lowest BCUT2D eigenvalue weighted by molar-refractivity contribution is 0.111. The number of aldehydes is 2. The van der Waals surface area contributed by atoms with E-state index in [2.05, 4.69) is 26.6 Å². The third-order valence-corrected chi connectivity index (χ3v) is 3.45. The first-order valence-corrected chi connectivity index (χ1v) is 7.20. The number of benzene rings is 2. The summed E-state index contributed by atoms with van der Waals surface area (Å²) in [4.78, 5) is 25.0. The van der Waals surface area contributed by atoms with Crippen molar-refractivity contribution in [1.82, 2.24) is 4.98 Å². The summed E-state index contributed by atoms with van der Waals surface area (Å²) in [5.74, 6) is 0. The standard InChI is InChI=1S/C14H8BrNO2.CH5N.CH4O/c15-10-4-9(7-18)14-12(5-10)11-2-1-8(6-17)3-13(11)16-14;2*1-2/h1-7,16H;2H2,1H3;2H,1H3. The Morgan fingerprint density at radius 2 is 1.73 bits per heavy atom. The van der Waals surface area contributed by atoms with Crippen LogP contribution in [0.15, 0.2) is 34.8 Å². The van der Waals surface area contributed by atoms with E-state index < -0.39 is 0 Å². The molecule has 2 aromatic carbocycles. The van der Waals surface area contributed by atoms with Gasteiger partial charge in [-0.1, -0.05) is 28.1 Å². The number of aromatic nitrogens is 1. The first-order valence-electron chi connectivity index (χ1n) is 6.41. The molecule has 22 heavy (non-hydrogen) atoms. The van der Waals surface area contributed by atoms with Crippen LogP contribution in [0.4, 0.5) is 0 Å². The predicted octanol–water partition coefficient (Wildman–Crippen LogP) is 2.89. The Kier molecular flexibility index (Phi) is 6.91. The van der Waals surface area contributed by atoms with Crippen LogP contribution in [0.1, 0.15) is 20.7 Å². The molecule has 0 atom stereocenters. The van der Waals surface area contributed by atoms with Gasteiger partial charge in [-0.25, -0.2) is 0 Å². The SMILES string of the molecule is CN.CO.O=Cc1ccc2c(c1)[nH]c1c(C=O)cc(Br)cc12. The van der Waals surface area contributed by atoms with Gasteiger partial charge in [0.2, 0.25) is 0 Å². The maximum Gasteiger partial charge on any atom is 0.152 e. The minimum absolute atomic E-state index is 0.600. The summed E-state index contributed by atoms with van der Waals surface area (Å²) in [6, 6.07) is 9.17. The van der Waals surface area contributed by atoms with Crippen molar-refractivity contribution < 1.29 is 14.7 Å². The lowest BCUT2D eigenvalue weighted by Gasteiger charge is -1.96. The summed E-state index contributed by atoms with van der Waals surface area (Å²) in [5, 5.41) is 8.97. The number of carbonyl (C=O) groups is 2. The Hall–Kier alpha value is -2.02. The molecular formula is C16H17BrN2O3. The second-order valence-electron chi connectivity index (χ2n) is 4.08. The van der Waals surface area contributed by atoms with Crippen LogP contribution in [0.5, 0.6) is 0 Å². The van der Waals surface area contributed by atoms with Crippen LogP contribution in [-0.2, 0) is 0 Å². The zero-order valence-corrected chi connectivity index (χ0v) is 13.8. The molecule has 0 radical (unpaired) electrons. The Labute approximate surface area is 136 Å². The zero-order valence-electron chi connectivity index (χ0n) is 12.3. The van der Waals surface area contributed by atoms with E-state index in [1.54, 1.807) is 18.2 Å². The molecule has 5 nitrogen and oxygen atoms in total. The fourth-order valence-corrected chi connectivity index (χ4v) is 2.66. The molecule has 3 aromatic rings. The maximum atomic E-state index is 11.1. The summed E-state index contributed by atoms with van der Waals surface area (Å²) in [7, 11) is 2.50. The predicted molar refractivity (Wildman–Crippen MR) is 92.5 cm³/mol. The van der Waals surface area contributed by atoms with E-state index in [0.717, 1.165) is 46.0 Å². The van der Waals surface area contributed by atoms with Gasteiger partial charge in [0.25, 0.3) is 0 Å². The molecule has 0 fully saturated rings. The molecule has 0 aliphatic carbocycles. The molecule has 6 heteroatoms. The number of fused-ring (bicyclic) bond motifs is 3. The average molecular weight is 365 g/mol. The van der Waals surface area contributed by atoms with Crippen LogP contribution in [0.3, 0.4) is 0 Å². The van der Waals surface area contributed by atoms with Crippen molar-refractivity contribution in [2.45, 2.75) is 0 Å². The lowest BCUT2D eigenvalue weighted by atomic mass is 10.1. The van der Waals surface area contributed by atoms with Crippen molar-refractivity contribution in [2.75, 3.05) is 14.2 Å². The molecule has 4 N–H and O–H groups in total. The Morgan fingerprint density at radius 1 is 1.05 bits per heavy atom. The summed E-state index contributed by atoms with van der Waals surface area (Å²) >= 11 is 3.39. The van der Waals surface area contributed by atoms with Gasteiger partial charge in [-0.05, 0) is 25.2 Å². The molecule has 0 aliphatic heterocycles. The van der Waals surface area contributed by atoms with E-state index in [1.165, 1.54) is 7.05 Å². The monoisotopic (exact) mass is 364 g/mol. The summed E-state index contributed by atoms with van der Waals surface area (Å²) < 4.78 is 0.859. The van der Waals surface area contributed by atoms with Crippen LogP contribution in [0, 0.1) is 0 Å². The van der Waals surface area contributed by atoms with Gasteiger partial charge in [-0.2, -0.15) is 0 Å². The fourth-order valence-electron chi connectivity index (χ4n) is 2.18. The number of nitrogens with two attached hydrogens (primary N) is 1. The summed E-state index contributed by atoms with van der Waals surface area (Å²) in [6.45, 7) is 0. The number of H-pyrrole nitrogens is 1. The molecule has 1 aromatic heterocycles. The smallest absolute Gasteiger partial charge is 0.152 e. The van der Waals surface area contributed by atoms with Crippen molar-refractivity contribution in [1.29, 1.82) is 0 Å². The molecule has 1 heterocycles. The van der Waals surface area contributed by atoms with Gasteiger partial charge in [-0.3, -0.25) is 9.59 Å². The number of aliphatic hydroxyl groups excluding tert-OH is 1. The van der Waals surface area contributed by atoms with E-state index in [1.807, 2.05) is 12.1 Å². The summed E-state index contributed by atoms with van der Waals surface area (Å²) in [5.41, 5.74) is 7.37. The average Bonchev–Trinajstić information content (AvgIpc) is 2.95. The number of halogens is 1. The fraction of sp³-hybridized carbons (Fsp3) is 0.125. The Balaban J connectivity index is 0.000000561. The van der Waals surface area contributed by atoms with Crippen LogP contribution in [0.2, 0.25) is 0 Å². The first-order chi connectivity index (χ1) is 10.7. The highest BCUT2D eigenvalue weighted by Gasteiger charge is 2.09. The number of aliphatic hydroxyl groups is 1. The molecule has 0 saturated carbocycles. The van der Waals surface area contributed by atoms with Crippen molar-refractivity contribution in [2.24, 2.45) is 5.73 Å². The van der Waals surface area contributed by atoms with Crippen molar-refractivity contribution in [3.63, 3.8) is 0 Å². The normalized spacial score (nSPS) is 9.50. The molecule has 0 saturated heterocycles. The van der Waals surface area contributed by atoms with Crippen LogP contribution < -0.4 is 5.73 Å². The highest BCUT2D eigenvalue weighted by atomic mass is 79.9. The number of carbonyl (C=O) groups excluding carboxylic acids is 2. The van der Waals surface area contributed by atoms with Crippen LogP contribution in [0.25, 0.3) is 21.8 Å². The molecule has 0 unspecified atom stereocenters. The van der Waals surface area contributed by atoms with Crippen LogP contribution in [-0.4, -0.2) is 36.8 Å². The highest BCUT2D eigenvalue weighted by Crippen LogP contribution is 2.30. The molecule has 0 bridgehead atoms. The lowest BCUT2D eigenvalue weighted by Crippen LogP contribution is -1.82. The largest absolute Gasteiger partial charge is 0.400 e.